The van der Waals surface area contributed by atoms with E-state index in [4.69, 9.17) is 5.79 Å². The quantitative estimate of drug-likeness (QED) is 0.235. The molecule has 4 aromatic carbocycles. The summed E-state index contributed by atoms with van der Waals surface area (Å²) >= 11 is 0. The molecule has 0 atom stereocenters. The molecule has 0 aliphatic carbocycles. The Kier molecular flexibility index (Phi) is 4.80. The number of benzene rings is 4. The number of hydrogen-bond donors (Lipinski definition) is 0. The molecule has 3 aromatic heterocycles. The van der Waals surface area contributed by atoms with Crippen molar-refractivity contribution in [3.8, 4) is 28.2 Å². The van der Waals surface area contributed by atoms with Crippen LogP contribution in [0.2, 0.25) is 0 Å². The van der Waals surface area contributed by atoms with Gasteiger partial charge in [0.2, 0.25) is 5.71 Å². The zero-order chi connectivity index (χ0) is 27.8. The fraction of sp³-hybridized carbons (Fsp3) is 0.182. The van der Waals surface area contributed by atoms with Crippen molar-refractivity contribution in [2.75, 3.05) is 0 Å². The third-order valence-corrected chi connectivity index (χ3v) is 7.63. The molecule has 0 amide bonds. The van der Waals surface area contributed by atoms with Gasteiger partial charge in [-0.1, -0.05) is 80.6 Å². The Balaban J connectivity index is 1.60. The number of para-hydroxylation sites is 2. The average molecular weight is 514 g/mol. The van der Waals surface area contributed by atoms with Crippen LogP contribution >= 0.6 is 0 Å². The summed E-state index contributed by atoms with van der Waals surface area (Å²) in [6.45, 7) is 8.90. The molecule has 6 nitrogen and oxygen atoms in total. The Labute approximate surface area is 228 Å². The molecular weight excluding hydrogens is 482 g/mol. The fourth-order valence-electron chi connectivity index (χ4n) is 5.72. The highest BCUT2D eigenvalue weighted by Gasteiger charge is 2.33. The van der Waals surface area contributed by atoms with Crippen molar-refractivity contribution in [1.29, 1.82) is 0 Å². The molecule has 0 saturated carbocycles. The summed E-state index contributed by atoms with van der Waals surface area (Å²) in [6, 6.07) is 29.9. The van der Waals surface area contributed by atoms with Crippen LogP contribution in [0.15, 0.2) is 95.5 Å². The van der Waals surface area contributed by atoms with Crippen molar-refractivity contribution in [2.24, 2.45) is 7.05 Å². The monoisotopic (exact) mass is 513 g/mol. The molecule has 6 heteroatoms. The minimum Gasteiger partial charge on any atom is -0.434 e. The first-order valence-corrected chi connectivity index (χ1v) is 13.2. The second-order valence-corrected chi connectivity index (χ2v) is 11.2. The molecule has 3 heterocycles. The van der Waals surface area contributed by atoms with Crippen LogP contribution in [0.25, 0.3) is 56.0 Å². The molecule has 0 bridgehead atoms. The van der Waals surface area contributed by atoms with E-state index < -0.39 is 0 Å². The number of aromatic nitrogens is 5. The Morgan fingerprint density at radius 2 is 1.64 bits per heavy atom. The van der Waals surface area contributed by atoms with Gasteiger partial charge >= 0.3 is 0 Å². The molecule has 0 N–H and O–H groups in total. The summed E-state index contributed by atoms with van der Waals surface area (Å²) in [7, 11) is 2.10. The van der Waals surface area contributed by atoms with E-state index in [1.54, 1.807) is 4.52 Å². The van der Waals surface area contributed by atoms with Gasteiger partial charge in [-0.25, -0.2) is 4.57 Å². The largest absolute Gasteiger partial charge is 0.434 e. The lowest BCUT2D eigenvalue weighted by Gasteiger charge is -2.23. The van der Waals surface area contributed by atoms with E-state index in [1.807, 2.05) is 6.07 Å². The minimum atomic E-state index is -0.125. The highest BCUT2D eigenvalue weighted by Crippen LogP contribution is 2.39. The van der Waals surface area contributed by atoms with Crippen molar-refractivity contribution in [3.05, 3.63) is 102 Å². The molecule has 0 aliphatic rings. The Morgan fingerprint density at radius 3 is 2.44 bits per heavy atom. The standard InChI is InChI=1S/C33H30N5O/c1-21-15-17-28-31(39-29-20-34-35-38(28)29)30(21)32-36(5)26-13-9-10-14-27(26)37(32)25-18-16-23(19-24(25)33(2,3)4)22-11-7-6-8-12-22/h6-20H,1-5H3/q+1/i20D. The molecule has 192 valence electrons. The number of oxazole rings is 1. The van der Waals surface area contributed by atoms with Gasteiger partial charge in [-0.3, -0.25) is 0 Å². The highest BCUT2D eigenvalue weighted by molar-refractivity contribution is 5.94. The van der Waals surface area contributed by atoms with Crippen LogP contribution in [-0.4, -0.2) is 19.4 Å². The third-order valence-electron chi connectivity index (χ3n) is 7.63. The molecule has 7 rings (SSSR count). The lowest BCUT2D eigenvalue weighted by Crippen LogP contribution is -2.30. The lowest BCUT2D eigenvalue weighted by atomic mass is 9.83. The lowest BCUT2D eigenvalue weighted by molar-refractivity contribution is -0.633. The van der Waals surface area contributed by atoms with E-state index in [9.17, 15) is 0 Å². The summed E-state index contributed by atoms with van der Waals surface area (Å²) in [5, 5.41) is 8.07. The van der Waals surface area contributed by atoms with Gasteiger partial charge in [-0.2, -0.15) is 9.08 Å². The number of nitrogens with zero attached hydrogens (tertiary/aromatic N) is 5. The maximum atomic E-state index is 8.20. The van der Waals surface area contributed by atoms with E-state index in [0.717, 1.165) is 39.2 Å². The van der Waals surface area contributed by atoms with Gasteiger partial charge < -0.3 is 4.42 Å². The molecule has 0 fully saturated rings. The van der Waals surface area contributed by atoms with Crippen molar-refractivity contribution >= 4 is 27.8 Å². The summed E-state index contributed by atoms with van der Waals surface area (Å²) in [6.07, 6.45) is 0.0243. The first kappa shape index (κ1) is 22.3. The van der Waals surface area contributed by atoms with Crippen molar-refractivity contribution < 1.29 is 10.4 Å². The highest BCUT2D eigenvalue weighted by atomic mass is 16.3. The van der Waals surface area contributed by atoms with E-state index in [0.29, 0.717) is 11.3 Å². The first-order valence-electron chi connectivity index (χ1n) is 13.7. The van der Waals surface area contributed by atoms with Crippen LogP contribution in [0.4, 0.5) is 0 Å². The van der Waals surface area contributed by atoms with Crippen molar-refractivity contribution in [1.82, 2.24) is 19.4 Å². The Hall–Kier alpha value is -4.71. The SMILES string of the molecule is [2H]c1nnn2c1oc1c(-c3n(-c4ccc(-c5ccccc5)cc4C(C)(C)C)c4ccccc4[n+]3C)c(C)ccc12. The molecule has 7 aromatic rings. The second kappa shape index (κ2) is 8.40. The molecule has 0 radical (unpaired) electrons. The van der Waals surface area contributed by atoms with Crippen LogP contribution < -0.4 is 4.57 Å². The smallest absolute Gasteiger partial charge is 0.299 e. The fourth-order valence-corrected chi connectivity index (χ4v) is 5.72. The molecule has 39 heavy (non-hydrogen) atoms. The van der Waals surface area contributed by atoms with Crippen molar-refractivity contribution in [3.63, 3.8) is 0 Å². The van der Waals surface area contributed by atoms with Gasteiger partial charge in [-0.05, 0) is 59.4 Å². The molecule has 0 spiro atoms. The third kappa shape index (κ3) is 3.52. The summed E-state index contributed by atoms with van der Waals surface area (Å²) in [5.41, 5.74) is 10.7. The second-order valence-electron chi connectivity index (χ2n) is 11.2. The summed E-state index contributed by atoms with van der Waals surface area (Å²) < 4.78 is 20.7. The first-order chi connectivity index (χ1) is 19.2. The van der Waals surface area contributed by atoms with Crippen LogP contribution in [0, 0.1) is 6.92 Å². The van der Waals surface area contributed by atoms with Gasteiger partial charge in [0, 0.05) is 5.56 Å². The predicted molar refractivity (Wildman–Crippen MR) is 155 cm³/mol. The molecular formula is C33H30N5O+. The molecule has 0 saturated heterocycles. The zero-order valence-electron chi connectivity index (χ0n) is 23.7. The molecule has 0 unspecified atom stereocenters. The number of rotatable bonds is 3. The van der Waals surface area contributed by atoms with Gasteiger partial charge in [0.05, 0.1) is 8.42 Å². The zero-order valence-corrected chi connectivity index (χ0v) is 22.7. The van der Waals surface area contributed by atoms with Gasteiger partial charge in [0.25, 0.3) is 5.82 Å². The topological polar surface area (TPSA) is 52.1 Å². The number of hydrogen-bond acceptors (Lipinski definition) is 3. The maximum Gasteiger partial charge on any atom is 0.299 e. The van der Waals surface area contributed by atoms with Crippen LogP contribution in [0.5, 0.6) is 0 Å². The summed E-state index contributed by atoms with van der Waals surface area (Å²) in [5.74, 6) is 0.999. The van der Waals surface area contributed by atoms with Crippen LogP contribution in [0.3, 0.4) is 0 Å². The van der Waals surface area contributed by atoms with E-state index >= 15 is 0 Å². The van der Waals surface area contributed by atoms with E-state index in [1.165, 1.54) is 16.7 Å². The van der Waals surface area contributed by atoms with Crippen molar-refractivity contribution in [2.45, 2.75) is 33.1 Å². The number of imidazole rings is 1. The van der Waals surface area contributed by atoms with Gasteiger partial charge in [-0.15, -0.1) is 5.10 Å². The van der Waals surface area contributed by atoms with E-state index in [2.05, 4.69) is 133 Å². The number of aryl methyl sites for hydroxylation is 2. The Bertz CT molecular complexity index is 2080. The molecule has 0 aliphatic heterocycles. The van der Waals surface area contributed by atoms with E-state index in [-0.39, 0.29) is 11.6 Å². The Morgan fingerprint density at radius 1 is 0.872 bits per heavy atom. The van der Waals surface area contributed by atoms with Gasteiger partial charge in [0.1, 0.15) is 22.9 Å². The average Bonchev–Trinajstić information content (AvgIpc) is 3.59. The van der Waals surface area contributed by atoms with Gasteiger partial charge in [0.15, 0.2) is 16.6 Å². The number of fused-ring (bicyclic) bond motifs is 4. The maximum absolute atomic E-state index is 8.20. The van der Waals surface area contributed by atoms with Crippen LogP contribution in [-0.2, 0) is 12.5 Å². The minimum absolute atomic E-state index is 0.0243. The normalized spacial score (nSPS) is 12.6. The predicted octanol–water partition coefficient (Wildman–Crippen LogP) is 7.18. The van der Waals surface area contributed by atoms with Crippen LogP contribution in [0.1, 0.15) is 33.3 Å². The summed E-state index contributed by atoms with van der Waals surface area (Å²) in [4.78, 5) is 0.